The van der Waals surface area contributed by atoms with E-state index in [1.807, 2.05) is 6.07 Å². The average Bonchev–Trinajstić information content (AvgIpc) is 2.78. The van der Waals surface area contributed by atoms with Crippen LogP contribution in [-0.2, 0) is 6.42 Å². The standard InChI is InChI=1S/C27H40BrNO2/c1-2-3-4-5-6-7-8-9-10-14-17-24(22-28)26(20-23-15-12-11-13-16-23)31-27-21-25(30)18-19-29-27/h11-13,15-16,18-19,21,24,26H,2-10,14,17,20,22H2,1H3,(H,29,30). The summed E-state index contributed by atoms with van der Waals surface area (Å²) in [5.74, 6) is 0.959. The van der Waals surface area contributed by atoms with Gasteiger partial charge in [0.25, 0.3) is 0 Å². The van der Waals surface area contributed by atoms with Gasteiger partial charge in [-0.05, 0) is 12.0 Å². The molecule has 0 saturated carbocycles. The van der Waals surface area contributed by atoms with E-state index in [-0.39, 0.29) is 11.5 Å². The van der Waals surface area contributed by atoms with Gasteiger partial charge in [0.05, 0.1) is 0 Å². The van der Waals surface area contributed by atoms with Gasteiger partial charge in [-0.3, -0.25) is 4.79 Å². The van der Waals surface area contributed by atoms with Crippen molar-refractivity contribution < 1.29 is 4.74 Å². The van der Waals surface area contributed by atoms with Crippen LogP contribution in [0.4, 0.5) is 0 Å². The van der Waals surface area contributed by atoms with E-state index in [4.69, 9.17) is 4.74 Å². The number of unbranched alkanes of at least 4 members (excludes halogenated alkanes) is 9. The molecule has 1 heterocycles. The zero-order valence-electron chi connectivity index (χ0n) is 19.2. The minimum Gasteiger partial charge on any atom is -0.475 e. The quantitative estimate of drug-likeness (QED) is 0.182. The topological polar surface area (TPSA) is 42.1 Å². The number of pyridine rings is 1. The van der Waals surface area contributed by atoms with E-state index in [1.165, 1.54) is 75.8 Å². The van der Waals surface area contributed by atoms with Crippen molar-refractivity contribution in [2.45, 2.75) is 90.1 Å². The first-order valence-corrected chi connectivity index (χ1v) is 13.3. The Kier molecular flexibility index (Phi) is 13.4. The van der Waals surface area contributed by atoms with Crippen LogP contribution in [0.2, 0.25) is 0 Å². The second kappa shape index (κ2) is 16.1. The lowest BCUT2D eigenvalue weighted by atomic mass is 9.92. The van der Waals surface area contributed by atoms with Crippen LogP contribution < -0.4 is 10.2 Å². The molecule has 2 aromatic rings. The normalized spacial score (nSPS) is 13.1. The van der Waals surface area contributed by atoms with Crippen LogP contribution in [0.15, 0.2) is 53.5 Å². The first kappa shape index (κ1) is 25.7. The fraction of sp³-hybridized carbons (Fsp3) is 0.593. The van der Waals surface area contributed by atoms with Crippen molar-refractivity contribution >= 4 is 15.9 Å². The molecule has 0 fully saturated rings. The van der Waals surface area contributed by atoms with E-state index in [1.54, 1.807) is 12.3 Å². The summed E-state index contributed by atoms with van der Waals surface area (Å²) in [4.78, 5) is 14.8. The number of hydrogen-bond acceptors (Lipinski definition) is 2. The van der Waals surface area contributed by atoms with Crippen LogP contribution in [-0.4, -0.2) is 16.4 Å². The molecule has 0 aliphatic heterocycles. The number of aromatic nitrogens is 1. The zero-order valence-corrected chi connectivity index (χ0v) is 20.7. The highest BCUT2D eigenvalue weighted by Gasteiger charge is 2.23. The summed E-state index contributed by atoms with van der Waals surface area (Å²) in [5, 5.41) is 0.902. The van der Waals surface area contributed by atoms with E-state index >= 15 is 0 Å². The fourth-order valence-corrected chi connectivity index (χ4v) is 4.80. The fourth-order valence-electron chi connectivity index (χ4n) is 4.06. The summed E-state index contributed by atoms with van der Waals surface area (Å²) in [7, 11) is 0. The SMILES string of the molecule is CCCCCCCCCCCCC(CBr)C(Cc1ccccc1)Oc1cc(=O)cc[nH]1. The number of nitrogens with one attached hydrogen (secondary N) is 1. The molecule has 0 saturated heterocycles. The third-order valence-corrected chi connectivity index (χ3v) is 6.79. The maximum absolute atomic E-state index is 11.7. The number of H-pyrrole nitrogens is 1. The number of rotatable bonds is 17. The van der Waals surface area contributed by atoms with E-state index in [0.29, 0.717) is 11.8 Å². The number of halogens is 1. The average molecular weight is 491 g/mol. The molecule has 1 aromatic carbocycles. The van der Waals surface area contributed by atoms with Crippen LogP contribution in [0.25, 0.3) is 0 Å². The second-order valence-electron chi connectivity index (χ2n) is 8.62. The molecule has 0 spiro atoms. The molecule has 2 unspecified atom stereocenters. The lowest BCUT2D eigenvalue weighted by Crippen LogP contribution is -2.31. The van der Waals surface area contributed by atoms with Crippen molar-refractivity contribution in [1.29, 1.82) is 0 Å². The van der Waals surface area contributed by atoms with Gasteiger partial charge in [0.15, 0.2) is 11.3 Å². The molecule has 3 nitrogen and oxygen atoms in total. The molecule has 2 atom stereocenters. The Morgan fingerprint density at radius 3 is 2.16 bits per heavy atom. The minimum absolute atomic E-state index is 0.0263. The summed E-state index contributed by atoms with van der Waals surface area (Å²) >= 11 is 3.73. The van der Waals surface area contributed by atoms with Gasteiger partial charge >= 0.3 is 0 Å². The van der Waals surface area contributed by atoms with Crippen molar-refractivity contribution in [3.8, 4) is 5.88 Å². The molecular formula is C27H40BrNO2. The van der Waals surface area contributed by atoms with E-state index < -0.39 is 0 Å². The Balaban J connectivity index is 1.81. The molecule has 0 amide bonds. The number of alkyl halides is 1. The van der Waals surface area contributed by atoms with Gasteiger partial charge in [-0.1, -0.05) is 117 Å². The van der Waals surface area contributed by atoms with Crippen molar-refractivity contribution in [2.75, 3.05) is 5.33 Å². The van der Waals surface area contributed by atoms with Crippen LogP contribution in [0.3, 0.4) is 0 Å². The summed E-state index contributed by atoms with van der Waals surface area (Å²) < 4.78 is 6.31. The van der Waals surface area contributed by atoms with Crippen molar-refractivity contribution in [3.05, 3.63) is 64.4 Å². The van der Waals surface area contributed by atoms with E-state index in [9.17, 15) is 4.79 Å². The molecule has 2 rings (SSSR count). The summed E-state index contributed by atoms with van der Waals surface area (Å²) in [5.41, 5.74) is 1.23. The largest absolute Gasteiger partial charge is 0.475 e. The van der Waals surface area contributed by atoms with Gasteiger partial charge in [0, 0.05) is 36.0 Å². The summed E-state index contributed by atoms with van der Waals surface area (Å²) in [6.07, 6.45) is 17.2. The monoisotopic (exact) mass is 489 g/mol. The zero-order chi connectivity index (χ0) is 22.2. The Morgan fingerprint density at radius 1 is 0.903 bits per heavy atom. The number of ether oxygens (including phenoxy) is 1. The molecule has 0 bridgehead atoms. The molecule has 0 aliphatic carbocycles. The predicted octanol–water partition coefficient (Wildman–Crippen LogP) is 7.69. The van der Waals surface area contributed by atoms with Crippen LogP contribution in [0, 0.1) is 5.92 Å². The molecule has 0 radical (unpaired) electrons. The van der Waals surface area contributed by atoms with E-state index in [0.717, 1.165) is 18.2 Å². The predicted molar refractivity (Wildman–Crippen MR) is 135 cm³/mol. The lowest BCUT2D eigenvalue weighted by molar-refractivity contribution is 0.132. The highest BCUT2D eigenvalue weighted by Crippen LogP contribution is 2.24. The number of benzene rings is 1. The lowest BCUT2D eigenvalue weighted by Gasteiger charge is -2.27. The van der Waals surface area contributed by atoms with Gasteiger partial charge in [-0.15, -0.1) is 0 Å². The van der Waals surface area contributed by atoms with Crippen molar-refractivity contribution in [2.24, 2.45) is 5.92 Å². The molecule has 1 N–H and O–H groups in total. The highest BCUT2D eigenvalue weighted by molar-refractivity contribution is 9.09. The molecular weight excluding hydrogens is 450 g/mol. The van der Waals surface area contributed by atoms with Crippen LogP contribution in [0.1, 0.15) is 83.1 Å². The third kappa shape index (κ3) is 11.0. The smallest absolute Gasteiger partial charge is 0.194 e. The minimum atomic E-state index is -0.0303. The van der Waals surface area contributed by atoms with Gasteiger partial charge in [-0.2, -0.15) is 0 Å². The Bertz CT molecular complexity index is 746. The Hall–Kier alpha value is -1.55. The number of hydrogen-bond donors (Lipinski definition) is 1. The van der Waals surface area contributed by atoms with Crippen LogP contribution in [0.5, 0.6) is 5.88 Å². The molecule has 31 heavy (non-hydrogen) atoms. The Morgan fingerprint density at radius 2 is 1.55 bits per heavy atom. The first-order valence-electron chi connectivity index (χ1n) is 12.2. The van der Waals surface area contributed by atoms with E-state index in [2.05, 4.69) is 52.1 Å². The van der Waals surface area contributed by atoms with Crippen molar-refractivity contribution in [1.82, 2.24) is 4.98 Å². The molecule has 1 aromatic heterocycles. The molecule has 172 valence electrons. The highest BCUT2D eigenvalue weighted by atomic mass is 79.9. The summed E-state index contributed by atoms with van der Waals surface area (Å²) in [6.45, 7) is 2.27. The van der Waals surface area contributed by atoms with Gasteiger partial charge < -0.3 is 9.72 Å². The maximum atomic E-state index is 11.7. The summed E-state index contributed by atoms with van der Waals surface area (Å²) in [6, 6.07) is 13.5. The van der Waals surface area contributed by atoms with Crippen LogP contribution >= 0.6 is 15.9 Å². The second-order valence-corrected chi connectivity index (χ2v) is 9.27. The maximum Gasteiger partial charge on any atom is 0.194 e. The van der Waals surface area contributed by atoms with Gasteiger partial charge in [0.1, 0.15) is 6.10 Å². The first-order chi connectivity index (χ1) is 15.2. The molecule has 4 heteroatoms. The van der Waals surface area contributed by atoms with Crippen molar-refractivity contribution in [3.63, 3.8) is 0 Å². The number of aromatic amines is 1. The Labute approximate surface area is 197 Å². The molecule has 0 aliphatic rings. The third-order valence-electron chi connectivity index (χ3n) is 5.96. The van der Waals surface area contributed by atoms with Gasteiger partial charge in [-0.25, -0.2) is 0 Å². The van der Waals surface area contributed by atoms with Gasteiger partial charge in [0.2, 0.25) is 0 Å².